The molecule has 2 aromatic rings. The number of nitrogens with zero attached hydrogens (tertiary/aromatic N) is 3. The summed E-state index contributed by atoms with van der Waals surface area (Å²) in [5, 5.41) is 0. The van der Waals surface area contributed by atoms with Crippen LogP contribution in [0.3, 0.4) is 0 Å². The highest BCUT2D eigenvalue weighted by Crippen LogP contribution is 2.27. The quantitative estimate of drug-likeness (QED) is 0.888. The molecule has 1 aliphatic rings. The standard InChI is InChI=1S/C20H28N4.ClH/c1-15(2)23(3)20-10-9-16(11-22-20)12-24-13-18(19(21)14-24)17-7-5-4-6-8-17;/h4-11,15,18-19H,12-14,21H2,1-3H3;1H/t18-,19+;/m0./s1. The smallest absolute Gasteiger partial charge is 0.128 e. The van der Waals surface area contributed by atoms with Crippen LogP contribution in [0.1, 0.15) is 30.9 Å². The fourth-order valence-corrected chi connectivity index (χ4v) is 3.34. The van der Waals surface area contributed by atoms with Crippen LogP contribution in [0.25, 0.3) is 0 Å². The van der Waals surface area contributed by atoms with Crippen LogP contribution in [0.4, 0.5) is 5.82 Å². The number of hydrogen-bond acceptors (Lipinski definition) is 4. The lowest BCUT2D eigenvalue weighted by Gasteiger charge is -2.23. The Morgan fingerprint density at radius 1 is 1.16 bits per heavy atom. The van der Waals surface area contributed by atoms with Gasteiger partial charge in [0.15, 0.2) is 0 Å². The number of aromatic nitrogens is 1. The Labute approximate surface area is 157 Å². The fourth-order valence-electron chi connectivity index (χ4n) is 3.34. The number of pyridine rings is 1. The molecule has 2 N–H and O–H groups in total. The van der Waals surface area contributed by atoms with Gasteiger partial charge in [0, 0.05) is 50.9 Å². The van der Waals surface area contributed by atoms with Crippen molar-refractivity contribution in [1.82, 2.24) is 9.88 Å². The van der Waals surface area contributed by atoms with Gasteiger partial charge in [-0.1, -0.05) is 36.4 Å². The van der Waals surface area contributed by atoms with Gasteiger partial charge >= 0.3 is 0 Å². The molecule has 25 heavy (non-hydrogen) atoms. The first-order valence-electron chi connectivity index (χ1n) is 8.75. The molecule has 2 heterocycles. The second kappa shape index (κ2) is 8.65. The van der Waals surface area contributed by atoms with E-state index in [4.69, 9.17) is 5.73 Å². The van der Waals surface area contributed by atoms with Gasteiger partial charge in [-0.15, -0.1) is 12.4 Å². The van der Waals surface area contributed by atoms with Crippen LogP contribution >= 0.6 is 12.4 Å². The largest absolute Gasteiger partial charge is 0.357 e. The average molecular weight is 361 g/mol. The molecule has 0 spiro atoms. The van der Waals surface area contributed by atoms with Crippen molar-refractivity contribution in [3.63, 3.8) is 0 Å². The summed E-state index contributed by atoms with van der Waals surface area (Å²) in [5.41, 5.74) is 8.98. The van der Waals surface area contributed by atoms with Gasteiger partial charge in [-0.2, -0.15) is 0 Å². The van der Waals surface area contributed by atoms with Gasteiger partial charge in [-0.05, 0) is 31.0 Å². The topological polar surface area (TPSA) is 45.4 Å². The van der Waals surface area contributed by atoms with E-state index >= 15 is 0 Å². The van der Waals surface area contributed by atoms with Crippen LogP contribution in [0.5, 0.6) is 0 Å². The molecule has 1 fully saturated rings. The maximum absolute atomic E-state index is 6.39. The molecule has 1 aliphatic heterocycles. The van der Waals surface area contributed by atoms with E-state index in [1.807, 2.05) is 6.20 Å². The molecule has 0 radical (unpaired) electrons. The van der Waals surface area contributed by atoms with E-state index in [0.717, 1.165) is 25.5 Å². The Morgan fingerprint density at radius 2 is 1.88 bits per heavy atom. The summed E-state index contributed by atoms with van der Waals surface area (Å²) in [7, 11) is 2.08. The maximum Gasteiger partial charge on any atom is 0.128 e. The second-order valence-corrected chi connectivity index (χ2v) is 7.10. The predicted octanol–water partition coefficient (Wildman–Crippen LogP) is 3.27. The van der Waals surface area contributed by atoms with Gasteiger partial charge in [0.2, 0.25) is 0 Å². The van der Waals surface area contributed by atoms with Crippen molar-refractivity contribution >= 4 is 18.2 Å². The first-order valence-corrected chi connectivity index (χ1v) is 8.75. The van der Waals surface area contributed by atoms with E-state index in [9.17, 15) is 0 Å². The molecule has 1 aromatic heterocycles. The maximum atomic E-state index is 6.39. The van der Waals surface area contributed by atoms with Crippen LogP contribution in [-0.4, -0.2) is 42.1 Å². The number of hydrogen-bond donors (Lipinski definition) is 1. The normalized spacial score (nSPS) is 20.5. The lowest BCUT2D eigenvalue weighted by molar-refractivity contribution is 0.323. The summed E-state index contributed by atoms with van der Waals surface area (Å²) < 4.78 is 0. The summed E-state index contributed by atoms with van der Waals surface area (Å²) >= 11 is 0. The van der Waals surface area contributed by atoms with Crippen LogP contribution < -0.4 is 10.6 Å². The molecular formula is C20H29ClN4. The van der Waals surface area contributed by atoms with Crippen molar-refractivity contribution in [2.75, 3.05) is 25.0 Å². The summed E-state index contributed by atoms with van der Waals surface area (Å²) in [4.78, 5) is 9.22. The third-order valence-electron chi connectivity index (χ3n) is 5.02. The number of benzene rings is 1. The molecule has 3 rings (SSSR count). The van der Waals surface area contributed by atoms with E-state index < -0.39 is 0 Å². The second-order valence-electron chi connectivity index (χ2n) is 7.10. The van der Waals surface area contributed by atoms with Crippen molar-refractivity contribution < 1.29 is 0 Å². The van der Waals surface area contributed by atoms with Gasteiger partial charge in [0.1, 0.15) is 5.82 Å². The lowest BCUT2D eigenvalue weighted by atomic mass is 9.95. The van der Waals surface area contributed by atoms with E-state index in [-0.39, 0.29) is 18.4 Å². The Kier molecular flexibility index (Phi) is 6.82. The Hall–Kier alpha value is -1.62. The van der Waals surface area contributed by atoms with Gasteiger partial charge in [0.25, 0.3) is 0 Å². The molecular weight excluding hydrogens is 332 g/mol. The molecule has 0 amide bonds. The number of anilines is 1. The minimum absolute atomic E-state index is 0. The first kappa shape index (κ1) is 19.7. The highest BCUT2D eigenvalue weighted by molar-refractivity contribution is 5.85. The van der Waals surface area contributed by atoms with Gasteiger partial charge in [0.05, 0.1) is 0 Å². The van der Waals surface area contributed by atoms with Crippen molar-refractivity contribution in [2.24, 2.45) is 5.73 Å². The molecule has 0 unspecified atom stereocenters. The Bertz CT molecular complexity index is 645. The van der Waals surface area contributed by atoms with Gasteiger partial charge < -0.3 is 10.6 Å². The van der Waals surface area contributed by atoms with E-state index in [1.54, 1.807) is 0 Å². The van der Waals surface area contributed by atoms with Crippen LogP contribution in [0.2, 0.25) is 0 Å². The first-order chi connectivity index (χ1) is 11.5. The Balaban J connectivity index is 0.00000225. The summed E-state index contributed by atoms with van der Waals surface area (Å²) in [6.07, 6.45) is 2.00. The van der Waals surface area contributed by atoms with E-state index in [1.165, 1.54) is 11.1 Å². The monoisotopic (exact) mass is 360 g/mol. The molecule has 0 aliphatic carbocycles. The zero-order valence-corrected chi connectivity index (χ0v) is 16.1. The van der Waals surface area contributed by atoms with Crippen LogP contribution in [0.15, 0.2) is 48.7 Å². The van der Waals surface area contributed by atoms with Crippen molar-refractivity contribution in [3.05, 3.63) is 59.8 Å². The fraction of sp³-hybridized carbons (Fsp3) is 0.450. The van der Waals surface area contributed by atoms with E-state index in [0.29, 0.717) is 12.0 Å². The number of halogens is 1. The summed E-state index contributed by atoms with van der Waals surface area (Å²) in [6, 6.07) is 15.6. The molecule has 0 saturated carbocycles. The van der Waals surface area contributed by atoms with Gasteiger partial charge in [-0.3, -0.25) is 4.90 Å². The highest BCUT2D eigenvalue weighted by Gasteiger charge is 2.31. The molecule has 4 nitrogen and oxygen atoms in total. The highest BCUT2D eigenvalue weighted by atomic mass is 35.5. The van der Waals surface area contributed by atoms with Crippen molar-refractivity contribution in [3.8, 4) is 0 Å². The van der Waals surface area contributed by atoms with Crippen LogP contribution in [-0.2, 0) is 6.54 Å². The Morgan fingerprint density at radius 3 is 2.48 bits per heavy atom. The minimum Gasteiger partial charge on any atom is -0.357 e. The van der Waals surface area contributed by atoms with Crippen LogP contribution in [0, 0.1) is 0 Å². The average Bonchev–Trinajstić information content (AvgIpc) is 2.96. The number of likely N-dealkylation sites (tertiary alicyclic amines) is 1. The number of nitrogens with two attached hydrogens (primary N) is 1. The summed E-state index contributed by atoms with van der Waals surface area (Å²) in [6.45, 7) is 7.21. The van der Waals surface area contributed by atoms with E-state index in [2.05, 4.69) is 78.1 Å². The molecule has 1 saturated heterocycles. The van der Waals surface area contributed by atoms with Gasteiger partial charge in [-0.25, -0.2) is 4.98 Å². The molecule has 136 valence electrons. The predicted molar refractivity (Wildman–Crippen MR) is 107 cm³/mol. The molecule has 2 atom stereocenters. The molecule has 1 aromatic carbocycles. The SMILES string of the molecule is CC(C)N(C)c1ccc(CN2C[C@@H](N)[C@H](c3ccccc3)C2)cn1.Cl. The summed E-state index contributed by atoms with van der Waals surface area (Å²) in [5.74, 6) is 1.44. The van der Waals surface area contributed by atoms with Crippen molar-refractivity contribution in [2.45, 2.75) is 38.4 Å². The lowest BCUT2D eigenvalue weighted by Crippen LogP contribution is -2.28. The molecule has 0 bridgehead atoms. The number of rotatable bonds is 5. The van der Waals surface area contributed by atoms with Crippen molar-refractivity contribution in [1.29, 1.82) is 0 Å². The zero-order chi connectivity index (χ0) is 17.1. The molecule has 5 heteroatoms. The minimum atomic E-state index is 0. The third-order valence-corrected chi connectivity index (χ3v) is 5.02. The zero-order valence-electron chi connectivity index (χ0n) is 15.3. The third kappa shape index (κ3) is 4.72.